The van der Waals surface area contributed by atoms with Crippen LogP contribution < -0.4 is 10.3 Å². The third-order valence-electron chi connectivity index (χ3n) is 3.32. The van der Waals surface area contributed by atoms with Crippen molar-refractivity contribution in [2.45, 2.75) is 31.1 Å². The maximum atomic E-state index is 11.9. The van der Waals surface area contributed by atoms with Crippen LogP contribution in [0.4, 0.5) is 0 Å². The van der Waals surface area contributed by atoms with Gasteiger partial charge in [0.15, 0.2) is 0 Å². The molecule has 0 saturated heterocycles. The topological polar surface area (TPSA) is 79.0 Å². The van der Waals surface area contributed by atoms with E-state index in [1.54, 1.807) is 0 Å². The van der Waals surface area contributed by atoms with Crippen LogP contribution in [0, 0.1) is 5.41 Å². The van der Waals surface area contributed by atoms with Crippen LogP contribution in [0.1, 0.15) is 26.2 Å². The Morgan fingerprint density at radius 1 is 1.41 bits per heavy atom. The number of H-pyrrole nitrogens is 1. The third kappa shape index (κ3) is 2.76. The first-order chi connectivity index (χ1) is 7.91. The summed E-state index contributed by atoms with van der Waals surface area (Å²) in [4.78, 5) is 13.3. The summed E-state index contributed by atoms with van der Waals surface area (Å²) in [5.74, 6) is 0. The Morgan fingerprint density at radius 2 is 2.12 bits per heavy atom. The first kappa shape index (κ1) is 12.3. The second-order valence-electron chi connectivity index (χ2n) is 4.88. The van der Waals surface area contributed by atoms with Gasteiger partial charge in [0.25, 0.3) is 0 Å². The zero-order valence-corrected chi connectivity index (χ0v) is 10.5. The Morgan fingerprint density at radius 3 is 2.59 bits per heavy atom. The molecule has 1 aliphatic rings. The Bertz CT molecular complexity index is 538. The van der Waals surface area contributed by atoms with Crippen molar-refractivity contribution < 1.29 is 8.42 Å². The number of nitrogens with one attached hydrogen (secondary N) is 2. The monoisotopic (exact) mass is 256 g/mol. The van der Waals surface area contributed by atoms with Crippen molar-refractivity contribution in [3.63, 3.8) is 0 Å². The zero-order valence-electron chi connectivity index (χ0n) is 9.69. The van der Waals surface area contributed by atoms with E-state index in [1.165, 1.54) is 18.3 Å². The van der Waals surface area contributed by atoms with E-state index in [0.29, 0.717) is 6.54 Å². The lowest BCUT2D eigenvalue weighted by Gasteiger charge is -2.38. The van der Waals surface area contributed by atoms with Crippen LogP contribution in [-0.2, 0) is 10.0 Å². The minimum Gasteiger partial charge on any atom is -0.328 e. The Kier molecular flexibility index (Phi) is 3.09. The van der Waals surface area contributed by atoms with Gasteiger partial charge in [-0.2, -0.15) is 0 Å². The van der Waals surface area contributed by atoms with Gasteiger partial charge in [0, 0.05) is 18.8 Å². The highest BCUT2D eigenvalue weighted by Gasteiger charge is 2.32. The molecule has 17 heavy (non-hydrogen) atoms. The maximum Gasteiger partial charge on any atom is 0.247 e. The molecule has 1 heterocycles. The number of rotatable bonds is 4. The molecule has 2 rings (SSSR count). The lowest BCUT2D eigenvalue weighted by atomic mass is 9.71. The third-order valence-corrected chi connectivity index (χ3v) is 4.71. The van der Waals surface area contributed by atoms with E-state index in [2.05, 4.69) is 16.6 Å². The highest BCUT2D eigenvalue weighted by molar-refractivity contribution is 7.89. The molecule has 5 nitrogen and oxygen atoms in total. The molecular weight excluding hydrogens is 240 g/mol. The predicted molar refractivity (Wildman–Crippen MR) is 64.2 cm³/mol. The molecular formula is C11H16N2O3S. The minimum atomic E-state index is -3.51. The Labute approximate surface area is 100 Å². The fourth-order valence-electron chi connectivity index (χ4n) is 1.87. The number of sulfonamides is 1. The molecule has 1 fully saturated rings. The van der Waals surface area contributed by atoms with Crippen LogP contribution in [0.3, 0.4) is 0 Å². The summed E-state index contributed by atoms with van der Waals surface area (Å²) < 4.78 is 26.4. The summed E-state index contributed by atoms with van der Waals surface area (Å²) in [6, 6.07) is 2.52. The summed E-state index contributed by atoms with van der Waals surface area (Å²) in [6.45, 7) is 2.53. The van der Waals surface area contributed by atoms with Gasteiger partial charge in [-0.05, 0) is 24.3 Å². The Hall–Kier alpha value is -1.14. The van der Waals surface area contributed by atoms with Crippen molar-refractivity contribution in [2.24, 2.45) is 5.41 Å². The number of aromatic nitrogens is 1. The van der Waals surface area contributed by atoms with E-state index in [-0.39, 0.29) is 15.9 Å². The van der Waals surface area contributed by atoms with Crippen molar-refractivity contribution in [3.05, 3.63) is 28.7 Å². The molecule has 0 unspecified atom stereocenters. The number of hydrogen-bond donors (Lipinski definition) is 2. The van der Waals surface area contributed by atoms with E-state index in [1.807, 2.05) is 0 Å². The molecule has 0 bridgehead atoms. The van der Waals surface area contributed by atoms with Crippen LogP contribution in [-0.4, -0.2) is 19.9 Å². The molecule has 2 N–H and O–H groups in total. The van der Waals surface area contributed by atoms with Gasteiger partial charge in [-0.3, -0.25) is 4.79 Å². The smallest absolute Gasteiger partial charge is 0.247 e. The highest BCUT2D eigenvalue weighted by atomic mass is 32.2. The number of pyridine rings is 1. The van der Waals surface area contributed by atoms with Crippen LogP contribution in [0.2, 0.25) is 0 Å². The predicted octanol–water partition coefficient (Wildman–Crippen LogP) is 0.843. The highest BCUT2D eigenvalue weighted by Crippen LogP contribution is 2.39. The van der Waals surface area contributed by atoms with Gasteiger partial charge in [0.1, 0.15) is 0 Å². The van der Waals surface area contributed by atoms with Crippen LogP contribution in [0.15, 0.2) is 28.0 Å². The van der Waals surface area contributed by atoms with Crippen molar-refractivity contribution in [3.8, 4) is 0 Å². The molecule has 0 aliphatic heterocycles. The van der Waals surface area contributed by atoms with E-state index in [9.17, 15) is 13.2 Å². The van der Waals surface area contributed by atoms with Crippen LogP contribution in [0.5, 0.6) is 0 Å². The summed E-state index contributed by atoms with van der Waals surface area (Å²) in [6.07, 6.45) is 4.49. The fraction of sp³-hybridized carbons (Fsp3) is 0.545. The molecule has 0 aromatic carbocycles. The normalized spacial score (nSPS) is 18.6. The first-order valence-corrected chi connectivity index (χ1v) is 7.08. The standard InChI is InChI=1S/C11H16N2O3S/c1-11(5-2-6-11)8-13-17(15,16)9-3-4-10(14)12-7-9/h3-4,7,13H,2,5-6,8H2,1H3,(H,12,14). The molecule has 1 aromatic heterocycles. The van der Waals surface area contributed by atoms with Crippen molar-refractivity contribution in [1.82, 2.24) is 9.71 Å². The maximum absolute atomic E-state index is 11.9. The van der Waals surface area contributed by atoms with Gasteiger partial charge in [-0.1, -0.05) is 13.3 Å². The lowest BCUT2D eigenvalue weighted by molar-refractivity contribution is 0.166. The molecule has 1 aromatic rings. The molecule has 6 heteroatoms. The van der Waals surface area contributed by atoms with Crippen LogP contribution in [0.25, 0.3) is 0 Å². The van der Waals surface area contributed by atoms with Crippen molar-refractivity contribution in [2.75, 3.05) is 6.54 Å². The molecule has 1 aliphatic carbocycles. The molecule has 0 amide bonds. The second-order valence-corrected chi connectivity index (χ2v) is 6.64. The van der Waals surface area contributed by atoms with E-state index < -0.39 is 10.0 Å². The quantitative estimate of drug-likeness (QED) is 0.838. The van der Waals surface area contributed by atoms with Gasteiger partial charge in [-0.15, -0.1) is 0 Å². The largest absolute Gasteiger partial charge is 0.328 e. The fourth-order valence-corrected chi connectivity index (χ4v) is 3.04. The molecule has 94 valence electrons. The van der Waals surface area contributed by atoms with Crippen LogP contribution >= 0.6 is 0 Å². The second kappa shape index (κ2) is 4.27. The average molecular weight is 256 g/mol. The summed E-state index contributed by atoms with van der Waals surface area (Å²) in [5, 5.41) is 0. The molecule has 0 atom stereocenters. The summed E-state index contributed by atoms with van der Waals surface area (Å²) in [7, 11) is -3.51. The van der Waals surface area contributed by atoms with Crippen molar-refractivity contribution >= 4 is 10.0 Å². The number of aromatic amines is 1. The summed E-state index contributed by atoms with van der Waals surface area (Å²) in [5.41, 5.74) is -0.218. The average Bonchev–Trinajstić information content (AvgIpc) is 2.24. The van der Waals surface area contributed by atoms with E-state index in [4.69, 9.17) is 0 Å². The van der Waals surface area contributed by atoms with E-state index >= 15 is 0 Å². The van der Waals surface area contributed by atoms with Gasteiger partial charge in [0.2, 0.25) is 15.6 Å². The van der Waals surface area contributed by atoms with Gasteiger partial charge in [0.05, 0.1) is 4.90 Å². The summed E-state index contributed by atoms with van der Waals surface area (Å²) >= 11 is 0. The first-order valence-electron chi connectivity index (χ1n) is 5.60. The van der Waals surface area contributed by atoms with Gasteiger partial charge < -0.3 is 4.98 Å². The van der Waals surface area contributed by atoms with E-state index in [0.717, 1.165) is 19.3 Å². The SMILES string of the molecule is CC1(CNS(=O)(=O)c2ccc(=O)[nH]c2)CCC1. The molecule has 0 spiro atoms. The lowest BCUT2D eigenvalue weighted by Crippen LogP contribution is -2.40. The van der Waals surface area contributed by atoms with Gasteiger partial charge in [-0.25, -0.2) is 13.1 Å². The zero-order chi connectivity index (χ0) is 12.5. The van der Waals surface area contributed by atoms with Crippen molar-refractivity contribution in [1.29, 1.82) is 0 Å². The molecule has 1 saturated carbocycles. The Balaban J connectivity index is 2.08. The minimum absolute atomic E-state index is 0.0925. The molecule has 0 radical (unpaired) electrons. The number of hydrogen-bond acceptors (Lipinski definition) is 3. The van der Waals surface area contributed by atoms with Gasteiger partial charge >= 0.3 is 0 Å².